The number of hydrogen-bond acceptors (Lipinski definition) is 3. The quantitative estimate of drug-likeness (QED) is 0.874. The van der Waals surface area contributed by atoms with E-state index in [0.717, 1.165) is 49.4 Å². The lowest BCUT2D eigenvalue weighted by Gasteiger charge is -2.23. The average Bonchev–Trinajstić information content (AvgIpc) is 2.46. The zero-order valence-electron chi connectivity index (χ0n) is 11.7. The van der Waals surface area contributed by atoms with E-state index < -0.39 is 0 Å². The monoisotopic (exact) mass is 262 g/mol. The first kappa shape index (κ1) is 13.9. The first-order chi connectivity index (χ1) is 9.22. The lowest BCUT2D eigenvalue weighted by Crippen LogP contribution is -2.23. The maximum atomic E-state index is 11.7. The number of anilines is 1. The Bertz CT molecular complexity index is 440. The van der Waals surface area contributed by atoms with Gasteiger partial charge in [-0.1, -0.05) is 6.07 Å². The zero-order valence-corrected chi connectivity index (χ0v) is 11.7. The van der Waals surface area contributed by atoms with Crippen molar-refractivity contribution in [2.75, 3.05) is 32.1 Å². The number of rotatable bonds is 4. The third-order valence-electron chi connectivity index (χ3n) is 3.73. The van der Waals surface area contributed by atoms with Crippen LogP contribution in [-0.4, -0.2) is 32.7 Å². The second kappa shape index (κ2) is 6.57. The predicted molar refractivity (Wildman–Crippen MR) is 76.6 cm³/mol. The van der Waals surface area contributed by atoms with Gasteiger partial charge in [-0.05, 0) is 43.4 Å². The fraction of sp³-hybridized carbons (Fsp3) is 0.533. The molecule has 2 N–H and O–H groups in total. The molecule has 104 valence electrons. The molecule has 1 amide bonds. The molecule has 2 rings (SSSR count). The van der Waals surface area contributed by atoms with Crippen molar-refractivity contribution in [2.24, 2.45) is 5.92 Å². The minimum atomic E-state index is -0.0350. The van der Waals surface area contributed by atoms with Gasteiger partial charge in [-0.2, -0.15) is 0 Å². The summed E-state index contributed by atoms with van der Waals surface area (Å²) in [6, 6.07) is 5.80. The first-order valence-electron chi connectivity index (χ1n) is 6.85. The van der Waals surface area contributed by atoms with Crippen LogP contribution in [0.1, 0.15) is 28.8 Å². The maximum Gasteiger partial charge on any atom is 0.251 e. The van der Waals surface area contributed by atoms with Crippen molar-refractivity contribution in [1.82, 2.24) is 5.32 Å². The SMILES string of the molecule is CNC(=O)c1cccc(NCC2CCOCC2)c1C. The third-order valence-corrected chi connectivity index (χ3v) is 3.73. The molecule has 1 aliphatic rings. The van der Waals surface area contributed by atoms with Gasteiger partial charge < -0.3 is 15.4 Å². The van der Waals surface area contributed by atoms with Crippen LogP contribution in [0, 0.1) is 12.8 Å². The number of nitrogens with one attached hydrogen (secondary N) is 2. The fourth-order valence-electron chi connectivity index (χ4n) is 2.41. The largest absolute Gasteiger partial charge is 0.385 e. The molecule has 0 saturated carbocycles. The fourth-order valence-corrected chi connectivity index (χ4v) is 2.41. The van der Waals surface area contributed by atoms with Gasteiger partial charge in [-0.15, -0.1) is 0 Å². The predicted octanol–water partition coefficient (Wildman–Crippen LogP) is 2.19. The van der Waals surface area contributed by atoms with Crippen LogP contribution in [0.25, 0.3) is 0 Å². The minimum Gasteiger partial charge on any atom is -0.385 e. The number of amides is 1. The molecule has 1 saturated heterocycles. The molecule has 0 aromatic heterocycles. The van der Waals surface area contributed by atoms with Crippen LogP contribution in [0.5, 0.6) is 0 Å². The molecule has 1 aromatic carbocycles. The van der Waals surface area contributed by atoms with Gasteiger partial charge in [0.25, 0.3) is 5.91 Å². The summed E-state index contributed by atoms with van der Waals surface area (Å²) in [6.07, 6.45) is 2.22. The van der Waals surface area contributed by atoms with Crippen LogP contribution in [-0.2, 0) is 4.74 Å². The summed E-state index contributed by atoms with van der Waals surface area (Å²) in [7, 11) is 1.66. The molecular weight excluding hydrogens is 240 g/mol. The molecular formula is C15H22N2O2. The maximum absolute atomic E-state index is 11.7. The summed E-state index contributed by atoms with van der Waals surface area (Å²) in [6.45, 7) is 4.66. The molecule has 4 heteroatoms. The standard InChI is InChI=1S/C15H22N2O2/c1-11-13(15(18)16-2)4-3-5-14(11)17-10-12-6-8-19-9-7-12/h3-5,12,17H,6-10H2,1-2H3,(H,16,18). The number of carbonyl (C=O) groups excluding carboxylic acids is 1. The summed E-state index contributed by atoms with van der Waals surface area (Å²) in [5.41, 5.74) is 2.79. The van der Waals surface area contributed by atoms with Crippen molar-refractivity contribution in [3.8, 4) is 0 Å². The van der Waals surface area contributed by atoms with Crippen molar-refractivity contribution in [2.45, 2.75) is 19.8 Å². The van der Waals surface area contributed by atoms with E-state index in [-0.39, 0.29) is 5.91 Å². The summed E-state index contributed by atoms with van der Waals surface area (Å²) in [5, 5.41) is 6.14. The van der Waals surface area contributed by atoms with Crippen LogP contribution in [0.2, 0.25) is 0 Å². The molecule has 1 heterocycles. The molecule has 1 aromatic rings. The molecule has 1 fully saturated rings. The topological polar surface area (TPSA) is 50.4 Å². The van der Waals surface area contributed by atoms with E-state index >= 15 is 0 Å². The Kier molecular flexibility index (Phi) is 4.80. The number of carbonyl (C=O) groups is 1. The summed E-state index contributed by atoms with van der Waals surface area (Å²) in [4.78, 5) is 11.7. The van der Waals surface area contributed by atoms with E-state index in [2.05, 4.69) is 10.6 Å². The van der Waals surface area contributed by atoms with Crippen LogP contribution < -0.4 is 10.6 Å². The lowest BCUT2D eigenvalue weighted by molar-refractivity contribution is 0.0699. The smallest absolute Gasteiger partial charge is 0.251 e. The van der Waals surface area contributed by atoms with Gasteiger partial charge in [0, 0.05) is 38.1 Å². The number of hydrogen-bond donors (Lipinski definition) is 2. The highest BCUT2D eigenvalue weighted by Crippen LogP contribution is 2.21. The zero-order chi connectivity index (χ0) is 13.7. The van der Waals surface area contributed by atoms with Gasteiger partial charge >= 0.3 is 0 Å². The Labute approximate surface area is 114 Å². The average molecular weight is 262 g/mol. The Morgan fingerprint density at radius 3 is 2.79 bits per heavy atom. The second-order valence-electron chi connectivity index (χ2n) is 4.99. The Morgan fingerprint density at radius 2 is 2.11 bits per heavy atom. The third kappa shape index (κ3) is 3.47. The van der Waals surface area contributed by atoms with E-state index in [1.807, 2.05) is 25.1 Å². The van der Waals surface area contributed by atoms with Crippen LogP contribution in [0.4, 0.5) is 5.69 Å². The van der Waals surface area contributed by atoms with E-state index in [4.69, 9.17) is 4.74 Å². The second-order valence-corrected chi connectivity index (χ2v) is 4.99. The lowest BCUT2D eigenvalue weighted by atomic mass is 9.99. The van der Waals surface area contributed by atoms with Crippen LogP contribution >= 0.6 is 0 Å². The van der Waals surface area contributed by atoms with Crippen molar-refractivity contribution >= 4 is 11.6 Å². The van der Waals surface area contributed by atoms with Crippen molar-refractivity contribution in [1.29, 1.82) is 0 Å². The van der Waals surface area contributed by atoms with Crippen LogP contribution in [0.15, 0.2) is 18.2 Å². The molecule has 0 unspecified atom stereocenters. The van der Waals surface area contributed by atoms with Gasteiger partial charge in [-0.25, -0.2) is 0 Å². The Morgan fingerprint density at radius 1 is 1.37 bits per heavy atom. The van der Waals surface area contributed by atoms with Gasteiger partial charge in [0.15, 0.2) is 0 Å². The Hall–Kier alpha value is -1.55. The van der Waals surface area contributed by atoms with Crippen molar-refractivity contribution < 1.29 is 9.53 Å². The van der Waals surface area contributed by atoms with Gasteiger partial charge in [0.05, 0.1) is 0 Å². The molecule has 0 aliphatic carbocycles. The highest BCUT2D eigenvalue weighted by Gasteiger charge is 2.15. The van der Waals surface area contributed by atoms with Gasteiger partial charge in [-0.3, -0.25) is 4.79 Å². The van der Waals surface area contributed by atoms with E-state index in [0.29, 0.717) is 5.92 Å². The number of benzene rings is 1. The molecule has 19 heavy (non-hydrogen) atoms. The molecule has 1 aliphatic heterocycles. The molecule has 0 bridgehead atoms. The van der Waals surface area contributed by atoms with E-state index in [1.54, 1.807) is 7.05 Å². The highest BCUT2D eigenvalue weighted by atomic mass is 16.5. The van der Waals surface area contributed by atoms with E-state index in [1.165, 1.54) is 0 Å². The van der Waals surface area contributed by atoms with Crippen molar-refractivity contribution in [3.63, 3.8) is 0 Å². The van der Waals surface area contributed by atoms with Gasteiger partial charge in [0.2, 0.25) is 0 Å². The summed E-state index contributed by atoms with van der Waals surface area (Å²) in [5.74, 6) is 0.629. The van der Waals surface area contributed by atoms with Crippen molar-refractivity contribution in [3.05, 3.63) is 29.3 Å². The molecule has 0 spiro atoms. The Balaban J connectivity index is 2.01. The first-order valence-corrected chi connectivity index (χ1v) is 6.85. The summed E-state index contributed by atoms with van der Waals surface area (Å²) >= 11 is 0. The summed E-state index contributed by atoms with van der Waals surface area (Å²) < 4.78 is 5.36. The van der Waals surface area contributed by atoms with E-state index in [9.17, 15) is 4.79 Å². The minimum absolute atomic E-state index is 0.0350. The molecule has 0 atom stereocenters. The van der Waals surface area contributed by atoms with Crippen LogP contribution in [0.3, 0.4) is 0 Å². The highest BCUT2D eigenvalue weighted by molar-refractivity contribution is 5.96. The number of ether oxygens (including phenoxy) is 1. The molecule has 4 nitrogen and oxygen atoms in total. The molecule has 0 radical (unpaired) electrons. The van der Waals surface area contributed by atoms with Gasteiger partial charge in [0.1, 0.15) is 0 Å². The normalized spacial score (nSPS) is 16.1.